The fraction of sp³-hybridized carbons (Fsp3) is 0.429. The first-order valence-corrected chi connectivity index (χ1v) is 25.5. The molecule has 0 aliphatic carbocycles. The van der Waals surface area contributed by atoms with E-state index >= 15 is 0 Å². The number of nitrogens with zero attached hydrogens (tertiary/aromatic N) is 3. The summed E-state index contributed by atoms with van der Waals surface area (Å²) in [6.07, 6.45) is 5.89. The number of hydrogen-bond donors (Lipinski definition) is 1. The summed E-state index contributed by atoms with van der Waals surface area (Å²) in [6, 6.07) is 17.6. The van der Waals surface area contributed by atoms with Crippen LogP contribution in [0.5, 0.6) is 5.75 Å². The Hall–Kier alpha value is -4.54. The van der Waals surface area contributed by atoms with E-state index in [2.05, 4.69) is 37.8 Å². The second kappa shape index (κ2) is 22.3. The number of rotatable bonds is 21. The zero-order chi connectivity index (χ0) is 49.0. The molecule has 1 fully saturated rings. The van der Waals surface area contributed by atoms with Gasteiger partial charge in [-0.3, -0.25) is 14.1 Å². The van der Waals surface area contributed by atoms with Crippen molar-refractivity contribution in [3.63, 3.8) is 0 Å². The van der Waals surface area contributed by atoms with Gasteiger partial charge >= 0.3 is 35.5 Å². The summed E-state index contributed by atoms with van der Waals surface area (Å²) >= 11 is 0. The van der Waals surface area contributed by atoms with Crippen molar-refractivity contribution < 1.29 is 98.2 Å². The van der Waals surface area contributed by atoms with E-state index in [1.165, 1.54) is 18.2 Å². The van der Waals surface area contributed by atoms with E-state index in [4.69, 9.17) is 23.8 Å². The third kappa shape index (κ3) is 12.5. The number of carbonyl (C=O) groups excluding carboxylic acids is 3. The molecule has 1 saturated heterocycles. The van der Waals surface area contributed by atoms with Gasteiger partial charge in [0.15, 0.2) is 5.71 Å². The van der Waals surface area contributed by atoms with E-state index in [1.807, 2.05) is 60.0 Å². The monoisotopic (exact) mass is 998 g/mol. The summed E-state index contributed by atoms with van der Waals surface area (Å²) in [5.74, 6) is -1.57. The molecule has 0 radical (unpaired) electrons. The maximum absolute atomic E-state index is 13.1. The summed E-state index contributed by atoms with van der Waals surface area (Å²) in [5.41, 5.74) is 5.01. The number of benzene rings is 3. The average molecular weight is 999 g/mol. The molecular weight excluding hydrogens is 942 g/mol. The molecular formula is C49H57N3NaO14S2+. The molecule has 4 aliphatic heterocycles. The van der Waals surface area contributed by atoms with Gasteiger partial charge in [-0.25, -0.2) is 13.2 Å². The van der Waals surface area contributed by atoms with Crippen LogP contribution in [0.3, 0.4) is 0 Å². The fourth-order valence-corrected chi connectivity index (χ4v) is 10.3. The molecule has 1 N–H and O–H groups in total. The third-order valence-electron chi connectivity index (χ3n) is 12.5. The fourth-order valence-electron chi connectivity index (χ4n) is 9.27. The second-order valence-electron chi connectivity index (χ2n) is 17.8. The predicted molar refractivity (Wildman–Crippen MR) is 252 cm³/mol. The maximum Gasteiger partial charge on any atom is 1.00 e. The third-order valence-corrected chi connectivity index (χ3v) is 14.2. The number of carbonyl (C=O) groups is 3. The van der Waals surface area contributed by atoms with Crippen LogP contribution in [0.15, 0.2) is 83.8 Å². The molecule has 0 bridgehead atoms. The molecule has 4 heterocycles. The first kappa shape index (κ1) is 53.8. The van der Waals surface area contributed by atoms with Crippen LogP contribution in [0.25, 0.3) is 16.9 Å². The number of amides is 2. The first-order chi connectivity index (χ1) is 32.2. The zero-order valence-electron chi connectivity index (χ0n) is 39.8. The van der Waals surface area contributed by atoms with Gasteiger partial charge in [0.25, 0.3) is 21.9 Å². The predicted octanol–water partition coefficient (Wildman–Crippen LogP) is 3.21. The van der Waals surface area contributed by atoms with Gasteiger partial charge in [-0.2, -0.15) is 13.0 Å². The molecule has 0 spiro atoms. The van der Waals surface area contributed by atoms with E-state index in [0.29, 0.717) is 78.7 Å². The van der Waals surface area contributed by atoms with Crippen molar-refractivity contribution >= 4 is 72.0 Å². The van der Waals surface area contributed by atoms with Crippen LogP contribution in [0, 0.1) is 0 Å². The Morgan fingerprint density at radius 2 is 1.59 bits per heavy atom. The molecule has 3 aromatic carbocycles. The minimum atomic E-state index is -4.95. The number of fused-ring (bicyclic) bond motifs is 3. The number of hydroxylamine groups is 2. The van der Waals surface area contributed by atoms with Crippen LogP contribution >= 0.6 is 0 Å². The van der Waals surface area contributed by atoms with Crippen molar-refractivity contribution in [2.45, 2.75) is 82.1 Å². The largest absolute Gasteiger partial charge is 1.00 e. The van der Waals surface area contributed by atoms with Crippen molar-refractivity contribution in [1.29, 1.82) is 0 Å². The molecule has 3 aromatic rings. The van der Waals surface area contributed by atoms with E-state index in [-0.39, 0.29) is 74.6 Å². The molecule has 0 aromatic heterocycles. The van der Waals surface area contributed by atoms with Gasteiger partial charge in [0.2, 0.25) is 5.69 Å². The normalized spacial score (nSPS) is 19.1. The Morgan fingerprint density at radius 3 is 2.26 bits per heavy atom. The Morgan fingerprint density at radius 1 is 0.913 bits per heavy atom. The topological polar surface area (TPSA) is 218 Å². The van der Waals surface area contributed by atoms with E-state index in [1.54, 1.807) is 7.11 Å². The SMILES string of the molecule is COCCOCCOCCN1c2cc3c(cc2C(C)=CC1(C)C)C(=CC1=[N+](CCCS(=O)(=O)O)c2ccc(S(=O)(=O)[O-])cc2C1(C)CCCC(=O)ON1C(=O)CCC1=O)C=C(c1ccccc1)O3.[Na+]. The Bertz CT molecular complexity index is 2810. The summed E-state index contributed by atoms with van der Waals surface area (Å²) in [6.45, 7) is 11.0. The summed E-state index contributed by atoms with van der Waals surface area (Å²) in [5, 5.41) is 0.477. The first-order valence-electron chi connectivity index (χ1n) is 22.4. The molecule has 364 valence electrons. The summed E-state index contributed by atoms with van der Waals surface area (Å²) < 4.78 is 96.6. The maximum atomic E-state index is 13.1. The Labute approximate surface area is 425 Å². The van der Waals surface area contributed by atoms with E-state index < -0.39 is 59.6 Å². The molecule has 7 rings (SSSR count). The quantitative estimate of drug-likeness (QED) is 0.0533. The number of methoxy groups -OCH3 is 1. The van der Waals surface area contributed by atoms with Crippen LogP contribution < -0.4 is 39.2 Å². The Kier molecular flexibility index (Phi) is 17.4. The van der Waals surface area contributed by atoms with E-state index in [0.717, 1.165) is 28.0 Å². The van der Waals surface area contributed by atoms with Crippen LogP contribution in [0.2, 0.25) is 0 Å². The number of hydrogen-bond acceptors (Lipinski definition) is 14. The minimum Gasteiger partial charge on any atom is -0.744 e. The van der Waals surface area contributed by atoms with Crippen molar-refractivity contribution in [2.75, 3.05) is 63.9 Å². The molecule has 0 saturated carbocycles. The minimum absolute atomic E-state index is 0. The molecule has 2 amide bonds. The van der Waals surface area contributed by atoms with Gasteiger partial charge in [0, 0.05) is 85.5 Å². The van der Waals surface area contributed by atoms with Gasteiger partial charge in [0.05, 0.1) is 54.6 Å². The molecule has 4 aliphatic rings. The smallest absolute Gasteiger partial charge is 0.744 e. The van der Waals surface area contributed by atoms with Gasteiger partial charge in [-0.15, -0.1) is 5.06 Å². The van der Waals surface area contributed by atoms with Crippen LogP contribution in [0.4, 0.5) is 11.4 Å². The van der Waals surface area contributed by atoms with E-state index in [9.17, 15) is 40.3 Å². The van der Waals surface area contributed by atoms with Crippen LogP contribution in [-0.2, 0) is 59.1 Å². The number of anilines is 1. The van der Waals surface area contributed by atoms with Crippen molar-refractivity contribution in [2.24, 2.45) is 0 Å². The van der Waals surface area contributed by atoms with Crippen molar-refractivity contribution in [1.82, 2.24) is 5.06 Å². The number of ether oxygens (including phenoxy) is 4. The summed E-state index contributed by atoms with van der Waals surface area (Å²) in [7, 11) is -7.71. The van der Waals surface area contributed by atoms with Crippen molar-refractivity contribution in [3.05, 3.63) is 101 Å². The second-order valence-corrected chi connectivity index (χ2v) is 20.8. The molecule has 17 nitrogen and oxygen atoms in total. The number of imide groups is 1. The molecule has 20 heteroatoms. The Balaban J connectivity index is 0.00000782. The van der Waals surface area contributed by atoms with Crippen LogP contribution in [-0.4, -0.2) is 124 Å². The standard InChI is InChI=1S/C49H57N3O14S2.Na/c1-33-32-48(2,3)51(20-21-63-24-25-64-23-22-62-5)41-31-43-38(30-37(33)41)35(27-42(65-43)34-11-7-6-8-12-34)28-44-49(4,18-9-13-47(55)66-52-45(53)16-17-46(52)54)39-29-36(68(59,60)61)14-15-40(39)50(44)19-10-26-67(56,57)58;/h6-8,11-12,14-15,27-32H,9-10,13,16-26H2,1-5H3,(H-,56,57,58,59,60,61);/q;+1. The molecule has 69 heavy (non-hydrogen) atoms. The van der Waals surface area contributed by atoms with Gasteiger partial charge in [-0.1, -0.05) is 36.4 Å². The number of allylic oxidation sites excluding steroid dienone is 4. The molecule has 1 atom stereocenters. The average Bonchev–Trinajstić information content (AvgIpc) is 3.71. The van der Waals surface area contributed by atoms with Crippen molar-refractivity contribution in [3.8, 4) is 5.75 Å². The van der Waals surface area contributed by atoms with Gasteiger partial charge < -0.3 is 33.2 Å². The van der Waals surface area contributed by atoms with Crippen LogP contribution in [0.1, 0.15) is 88.5 Å². The van der Waals surface area contributed by atoms with Gasteiger partial charge in [0.1, 0.15) is 28.2 Å². The van der Waals surface area contributed by atoms with Gasteiger partial charge in [-0.05, 0) is 76.0 Å². The molecule has 1 unspecified atom stereocenters. The summed E-state index contributed by atoms with van der Waals surface area (Å²) in [4.78, 5) is 44.5. The zero-order valence-corrected chi connectivity index (χ0v) is 43.5.